The summed E-state index contributed by atoms with van der Waals surface area (Å²) in [4.78, 5) is 12.1. The van der Waals surface area contributed by atoms with Crippen molar-refractivity contribution in [2.75, 3.05) is 7.05 Å². The predicted octanol–water partition coefficient (Wildman–Crippen LogP) is 2.27. The van der Waals surface area contributed by atoms with Crippen molar-refractivity contribution < 1.29 is 14.6 Å². The van der Waals surface area contributed by atoms with Crippen LogP contribution in [-0.4, -0.2) is 24.2 Å². The lowest BCUT2D eigenvalue weighted by Gasteiger charge is -2.15. The molecule has 2 rings (SSSR count). The van der Waals surface area contributed by atoms with E-state index in [4.69, 9.17) is 4.74 Å². The largest absolute Gasteiger partial charge is 0.508 e. The minimum absolute atomic E-state index is 0.214. The predicted molar refractivity (Wildman–Crippen MR) is 80.9 cm³/mol. The average molecular weight is 285 g/mol. The van der Waals surface area contributed by atoms with Crippen LogP contribution in [0, 0.1) is 0 Å². The number of hydrogen-bond donors (Lipinski definition) is 2. The van der Waals surface area contributed by atoms with Gasteiger partial charge in [-0.15, -0.1) is 0 Å². The highest BCUT2D eigenvalue weighted by Gasteiger charge is 2.18. The minimum atomic E-state index is -0.404. The number of esters is 1. The summed E-state index contributed by atoms with van der Waals surface area (Å²) < 4.78 is 5.33. The fourth-order valence-corrected chi connectivity index (χ4v) is 2.00. The van der Waals surface area contributed by atoms with Crippen LogP contribution in [0.5, 0.6) is 5.75 Å². The van der Waals surface area contributed by atoms with Crippen molar-refractivity contribution in [3.8, 4) is 5.75 Å². The van der Waals surface area contributed by atoms with E-state index in [1.165, 1.54) is 0 Å². The molecule has 0 aromatic heterocycles. The van der Waals surface area contributed by atoms with Gasteiger partial charge in [0.2, 0.25) is 0 Å². The van der Waals surface area contributed by atoms with Gasteiger partial charge in [-0.05, 0) is 36.7 Å². The zero-order valence-corrected chi connectivity index (χ0v) is 12.0. The fraction of sp³-hybridized carbons (Fsp3) is 0.235. The molecular weight excluding hydrogens is 266 g/mol. The molecule has 0 heterocycles. The number of phenolic OH excluding ortho intramolecular Hbond substituents is 1. The van der Waals surface area contributed by atoms with Gasteiger partial charge in [0.25, 0.3) is 0 Å². The van der Waals surface area contributed by atoms with E-state index in [9.17, 15) is 9.90 Å². The van der Waals surface area contributed by atoms with E-state index in [2.05, 4.69) is 5.32 Å². The number of carbonyl (C=O) groups is 1. The van der Waals surface area contributed by atoms with Gasteiger partial charge < -0.3 is 15.2 Å². The standard InChI is InChI=1S/C17H19NO3/c1-18-16(11-13-7-9-15(19)10-8-13)17(20)21-12-14-5-3-2-4-6-14/h2-10,16,18-19H,11-12H2,1H3/t16-/m0/s1. The third kappa shape index (κ3) is 4.61. The summed E-state index contributed by atoms with van der Waals surface area (Å²) in [6.45, 7) is 0.271. The Morgan fingerprint density at radius 2 is 1.76 bits per heavy atom. The van der Waals surface area contributed by atoms with Crippen LogP contribution in [0.4, 0.5) is 0 Å². The average Bonchev–Trinajstić information content (AvgIpc) is 2.53. The van der Waals surface area contributed by atoms with E-state index < -0.39 is 6.04 Å². The maximum absolute atomic E-state index is 12.1. The first-order valence-electron chi connectivity index (χ1n) is 6.85. The number of ether oxygens (including phenoxy) is 1. The van der Waals surface area contributed by atoms with Crippen molar-refractivity contribution in [1.82, 2.24) is 5.32 Å². The van der Waals surface area contributed by atoms with Crippen molar-refractivity contribution in [2.24, 2.45) is 0 Å². The molecule has 0 saturated heterocycles. The second kappa shape index (κ2) is 7.45. The van der Waals surface area contributed by atoms with Crippen molar-refractivity contribution >= 4 is 5.97 Å². The molecule has 0 amide bonds. The summed E-state index contributed by atoms with van der Waals surface area (Å²) in [5, 5.41) is 12.2. The Morgan fingerprint density at radius 1 is 1.10 bits per heavy atom. The van der Waals surface area contributed by atoms with Crippen LogP contribution in [0.25, 0.3) is 0 Å². The molecule has 2 N–H and O–H groups in total. The highest BCUT2D eigenvalue weighted by molar-refractivity contribution is 5.76. The Hall–Kier alpha value is -2.33. The first-order chi connectivity index (χ1) is 10.2. The molecule has 0 aliphatic heterocycles. The summed E-state index contributed by atoms with van der Waals surface area (Å²) in [6.07, 6.45) is 0.518. The van der Waals surface area contributed by atoms with Crippen molar-refractivity contribution in [3.05, 3.63) is 65.7 Å². The van der Waals surface area contributed by atoms with Crippen LogP contribution in [0.2, 0.25) is 0 Å². The molecule has 0 unspecified atom stereocenters. The van der Waals surface area contributed by atoms with E-state index in [1.54, 1.807) is 31.3 Å². The number of benzene rings is 2. The van der Waals surface area contributed by atoms with Crippen LogP contribution in [0.1, 0.15) is 11.1 Å². The number of likely N-dealkylation sites (N-methyl/N-ethyl adjacent to an activating group) is 1. The Morgan fingerprint density at radius 3 is 2.38 bits per heavy atom. The van der Waals surface area contributed by atoms with Crippen LogP contribution < -0.4 is 5.32 Å². The van der Waals surface area contributed by atoms with Gasteiger partial charge in [0.15, 0.2) is 0 Å². The molecule has 0 fully saturated rings. The van der Waals surface area contributed by atoms with Gasteiger partial charge >= 0.3 is 5.97 Å². The molecule has 0 aliphatic carbocycles. The molecular formula is C17H19NO3. The first-order valence-corrected chi connectivity index (χ1v) is 6.85. The SMILES string of the molecule is CN[C@@H](Cc1ccc(O)cc1)C(=O)OCc1ccccc1. The quantitative estimate of drug-likeness (QED) is 0.799. The molecule has 4 heteroatoms. The molecule has 1 atom stereocenters. The van der Waals surface area contributed by atoms with Gasteiger partial charge in [-0.1, -0.05) is 42.5 Å². The third-order valence-electron chi connectivity index (χ3n) is 3.23. The molecule has 0 radical (unpaired) electrons. The lowest BCUT2D eigenvalue weighted by Crippen LogP contribution is -2.37. The molecule has 2 aromatic rings. The highest BCUT2D eigenvalue weighted by Crippen LogP contribution is 2.12. The number of rotatable bonds is 6. The topological polar surface area (TPSA) is 58.6 Å². The second-order valence-electron chi connectivity index (χ2n) is 4.81. The van der Waals surface area contributed by atoms with E-state index >= 15 is 0 Å². The number of nitrogens with one attached hydrogen (secondary N) is 1. The van der Waals surface area contributed by atoms with Crippen LogP contribution in [0.3, 0.4) is 0 Å². The van der Waals surface area contributed by atoms with Gasteiger partial charge in [-0.3, -0.25) is 4.79 Å². The Labute approximate surface area is 124 Å². The van der Waals surface area contributed by atoms with Crippen LogP contribution in [0.15, 0.2) is 54.6 Å². The number of carbonyl (C=O) groups excluding carboxylic acids is 1. The lowest BCUT2D eigenvalue weighted by atomic mass is 10.1. The van der Waals surface area contributed by atoms with Crippen molar-refractivity contribution in [2.45, 2.75) is 19.1 Å². The van der Waals surface area contributed by atoms with Gasteiger partial charge in [0.05, 0.1) is 0 Å². The summed E-state index contributed by atoms with van der Waals surface area (Å²) in [5.41, 5.74) is 1.93. The maximum atomic E-state index is 12.1. The molecule has 110 valence electrons. The van der Waals surface area contributed by atoms with Gasteiger partial charge in [0, 0.05) is 0 Å². The molecule has 0 spiro atoms. The summed E-state index contributed by atoms with van der Waals surface area (Å²) in [7, 11) is 1.73. The third-order valence-corrected chi connectivity index (χ3v) is 3.23. The summed E-state index contributed by atoms with van der Waals surface area (Å²) in [5.74, 6) is -0.0687. The van der Waals surface area contributed by atoms with Gasteiger partial charge in [0.1, 0.15) is 18.4 Å². The molecule has 2 aromatic carbocycles. The highest BCUT2D eigenvalue weighted by atomic mass is 16.5. The zero-order valence-electron chi connectivity index (χ0n) is 12.0. The lowest BCUT2D eigenvalue weighted by molar-refractivity contribution is -0.147. The number of phenols is 1. The van der Waals surface area contributed by atoms with Gasteiger partial charge in [-0.2, -0.15) is 0 Å². The Kier molecular flexibility index (Phi) is 5.35. The molecule has 21 heavy (non-hydrogen) atoms. The van der Waals surface area contributed by atoms with Crippen LogP contribution in [-0.2, 0) is 22.6 Å². The number of hydrogen-bond acceptors (Lipinski definition) is 4. The van der Waals surface area contributed by atoms with Crippen LogP contribution >= 0.6 is 0 Å². The monoisotopic (exact) mass is 285 g/mol. The molecule has 0 aliphatic rings. The first kappa shape index (κ1) is 15.1. The zero-order chi connectivity index (χ0) is 15.1. The summed E-state index contributed by atoms with van der Waals surface area (Å²) >= 11 is 0. The Bertz CT molecular complexity index is 566. The fourth-order valence-electron chi connectivity index (χ4n) is 2.00. The van der Waals surface area contributed by atoms with E-state index in [0.29, 0.717) is 6.42 Å². The molecule has 0 saturated carbocycles. The Balaban J connectivity index is 1.90. The maximum Gasteiger partial charge on any atom is 0.323 e. The van der Waals surface area contributed by atoms with E-state index in [0.717, 1.165) is 11.1 Å². The second-order valence-corrected chi connectivity index (χ2v) is 4.81. The smallest absolute Gasteiger partial charge is 0.323 e. The summed E-state index contributed by atoms with van der Waals surface area (Å²) in [6, 6.07) is 16.0. The molecule has 4 nitrogen and oxygen atoms in total. The normalized spacial score (nSPS) is 11.9. The van der Waals surface area contributed by atoms with Crippen molar-refractivity contribution in [3.63, 3.8) is 0 Å². The van der Waals surface area contributed by atoms with E-state index in [1.807, 2.05) is 30.3 Å². The van der Waals surface area contributed by atoms with Gasteiger partial charge in [-0.25, -0.2) is 0 Å². The van der Waals surface area contributed by atoms with E-state index in [-0.39, 0.29) is 18.3 Å². The minimum Gasteiger partial charge on any atom is -0.508 e. The van der Waals surface area contributed by atoms with Crippen molar-refractivity contribution in [1.29, 1.82) is 0 Å². The number of aromatic hydroxyl groups is 1. The molecule has 0 bridgehead atoms.